The molecule has 0 unspecified atom stereocenters. The van der Waals surface area contributed by atoms with E-state index in [4.69, 9.17) is 0 Å². The van der Waals surface area contributed by atoms with E-state index >= 15 is 0 Å². The van der Waals surface area contributed by atoms with Gasteiger partial charge in [0.1, 0.15) is 0 Å². The third-order valence-electron chi connectivity index (χ3n) is 3.82. The molecule has 0 aliphatic carbocycles. The Morgan fingerprint density at radius 2 is 1.89 bits per heavy atom. The molecule has 0 saturated carbocycles. The van der Waals surface area contributed by atoms with Gasteiger partial charge in [-0.2, -0.15) is 0 Å². The highest BCUT2D eigenvalue weighted by molar-refractivity contribution is 9.10. The second kappa shape index (κ2) is 5.04. The molecule has 1 aliphatic heterocycles. The average Bonchev–Trinajstić information content (AvgIpc) is 2.28. The van der Waals surface area contributed by atoms with Crippen molar-refractivity contribution in [3.05, 3.63) is 33.8 Å². The summed E-state index contributed by atoms with van der Waals surface area (Å²) in [6, 6.07) is 5.86. The van der Waals surface area contributed by atoms with Gasteiger partial charge in [0.15, 0.2) is 0 Å². The van der Waals surface area contributed by atoms with Crippen LogP contribution in [0.4, 0.5) is 0 Å². The van der Waals surface area contributed by atoms with E-state index in [1.807, 2.05) is 30.0 Å². The monoisotopic (exact) mass is 309 g/mol. The molecule has 1 aromatic rings. The summed E-state index contributed by atoms with van der Waals surface area (Å²) >= 11 is 3.43. The Balaban J connectivity index is 2.13. The van der Waals surface area contributed by atoms with Crippen molar-refractivity contribution < 1.29 is 4.79 Å². The molecule has 2 nitrogen and oxygen atoms in total. The zero-order valence-corrected chi connectivity index (χ0v) is 12.9. The van der Waals surface area contributed by atoms with Crippen LogP contribution in [0.3, 0.4) is 0 Å². The van der Waals surface area contributed by atoms with Gasteiger partial charge in [0, 0.05) is 23.1 Å². The van der Waals surface area contributed by atoms with Crippen molar-refractivity contribution in [2.45, 2.75) is 33.6 Å². The molecular weight excluding hydrogens is 290 g/mol. The highest BCUT2D eigenvalue weighted by Crippen LogP contribution is 2.30. The number of hydrogen-bond donors (Lipinski definition) is 0. The lowest BCUT2D eigenvalue weighted by Gasteiger charge is -2.37. The lowest BCUT2D eigenvalue weighted by molar-refractivity contribution is 0.0629. The second-order valence-electron chi connectivity index (χ2n) is 5.92. The molecule has 0 bridgehead atoms. The number of nitrogens with zero attached hydrogens (tertiary/aromatic N) is 1. The Morgan fingerprint density at radius 1 is 1.28 bits per heavy atom. The highest BCUT2D eigenvalue weighted by atomic mass is 79.9. The number of likely N-dealkylation sites (tertiary alicyclic amines) is 1. The maximum Gasteiger partial charge on any atom is 0.254 e. The van der Waals surface area contributed by atoms with Crippen LogP contribution >= 0.6 is 15.9 Å². The van der Waals surface area contributed by atoms with Crippen LogP contribution in [0.15, 0.2) is 22.7 Å². The van der Waals surface area contributed by atoms with Crippen LogP contribution < -0.4 is 0 Å². The van der Waals surface area contributed by atoms with E-state index in [2.05, 4.69) is 29.8 Å². The van der Waals surface area contributed by atoms with Gasteiger partial charge < -0.3 is 4.90 Å². The molecule has 1 aromatic carbocycles. The van der Waals surface area contributed by atoms with Crippen LogP contribution in [-0.2, 0) is 0 Å². The first-order valence-electron chi connectivity index (χ1n) is 6.44. The number of aryl methyl sites for hydroxylation is 1. The topological polar surface area (TPSA) is 20.3 Å². The van der Waals surface area contributed by atoms with E-state index in [0.717, 1.165) is 41.5 Å². The first kappa shape index (κ1) is 13.6. The highest BCUT2D eigenvalue weighted by Gasteiger charge is 2.28. The Labute approximate surface area is 117 Å². The van der Waals surface area contributed by atoms with Crippen LogP contribution in [0.5, 0.6) is 0 Å². The summed E-state index contributed by atoms with van der Waals surface area (Å²) in [6.45, 7) is 8.30. The van der Waals surface area contributed by atoms with Gasteiger partial charge in [-0.1, -0.05) is 29.8 Å². The van der Waals surface area contributed by atoms with Gasteiger partial charge >= 0.3 is 0 Å². The molecule has 0 N–H and O–H groups in total. The molecular formula is C15H20BrNO. The van der Waals surface area contributed by atoms with Crippen molar-refractivity contribution in [3.63, 3.8) is 0 Å². The van der Waals surface area contributed by atoms with Gasteiger partial charge in [0.05, 0.1) is 0 Å². The van der Waals surface area contributed by atoms with Gasteiger partial charge in [0.25, 0.3) is 5.91 Å². The average molecular weight is 310 g/mol. The third-order valence-corrected chi connectivity index (χ3v) is 4.32. The standard InChI is InChI=1S/C15H20BrNO/c1-11-10-12(16)4-5-13(11)14(18)17-8-6-15(2,3)7-9-17/h4-5,10H,6-9H2,1-3H3. The molecule has 1 fully saturated rings. The second-order valence-corrected chi connectivity index (χ2v) is 6.83. The van der Waals surface area contributed by atoms with E-state index in [1.54, 1.807) is 0 Å². The van der Waals surface area contributed by atoms with Gasteiger partial charge in [-0.15, -0.1) is 0 Å². The summed E-state index contributed by atoms with van der Waals surface area (Å²) in [4.78, 5) is 14.4. The van der Waals surface area contributed by atoms with Gasteiger partial charge in [-0.3, -0.25) is 4.79 Å². The molecule has 98 valence electrons. The predicted octanol–water partition coefficient (Wildman–Crippen LogP) is 4.02. The molecule has 0 aromatic heterocycles. The molecule has 1 saturated heterocycles. The minimum Gasteiger partial charge on any atom is -0.339 e. The third kappa shape index (κ3) is 2.94. The fourth-order valence-electron chi connectivity index (χ4n) is 2.35. The van der Waals surface area contributed by atoms with E-state index < -0.39 is 0 Å². The van der Waals surface area contributed by atoms with Crippen molar-refractivity contribution >= 4 is 21.8 Å². The maximum absolute atomic E-state index is 12.5. The van der Waals surface area contributed by atoms with Crippen LogP contribution in [0, 0.1) is 12.3 Å². The minimum atomic E-state index is 0.176. The number of benzene rings is 1. The van der Waals surface area contributed by atoms with E-state index in [0.29, 0.717) is 5.41 Å². The van der Waals surface area contributed by atoms with E-state index in [1.165, 1.54) is 0 Å². The molecule has 1 heterocycles. The zero-order chi connectivity index (χ0) is 13.3. The largest absolute Gasteiger partial charge is 0.339 e. The van der Waals surface area contributed by atoms with Crippen LogP contribution in [0.2, 0.25) is 0 Å². The number of carbonyl (C=O) groups excluding carboxylic acids is 1. The number of piperidine rings is 1. The van der Waals surface area contributed by atoms with Crippen molar-refractivity contribution in [3.8, 4) is 0 Å². The minimum absolute atomic E-state index is 0.176. The smallest absolute Gasteiger partial charge is 0.254 e. The molecule has 0 radical (unpaired) electrons. The molecule has 3 heteroatoms. The number of hydrogen-bond acceptors (Lipinski definition) is 1. The van der Waals surface area contributed by atoms with Crippen LogP contribution in [-0.4, -0.2) is 23.9 Å². The lowest BCUT2D eigenvalue weighted by Crippen LogP contribution is -2.41. The maximum atomic E-state index is 12.5. The van der Waals surface area contributed by atoms with Crippen LogP contribution in [0.1, 0.15) is 42.6 Å². The molecule has 1 aliphatic rings. The number of amides is 1. The fraction of sp³-hybridized carbons (Fsp3) is 0.533. The quantitative estimate of drug-likeness (QED) is 0.767. The Bertz CT molecular complexity index is 458. The predicted molar refractivity (Wildman–Crippen MR) is 77.8 cm³/mol. The van der Waals surface area contributed by atoms with Gasteiger partial charge in [-0.05, 0) is 48.9 Å². The number of rotatable bonds is 1. The van der Waals surface area contributed by atoms with E-state index in [9.17, 15) is 4.79 Å². The summed E-state index contributed by atoms with van der Waals surface area (Å²) in [5.41, 5.74) is 2.25. The lowest BCUT2D eigenvalue weighted by atomic mass is 9.82. The normalized spacial score (nSPS) is 18.8. The fourth-order valence-corrected chi connectivity index (χ4v) is 2.83. The summed E-state index contributed by atoms with van der Waals surface area (Å²) in [5.74, 6) is 0.176. The summed E-state index contributed by atoms with van der Waals surface area (Å²) in [5, 5.41) is 0. The van der Waals surface area contributed by atoms with Crippen LogP contribution in [0.25, 0.3) is 0 Å². The van der Waals surface area contributed by atoms with Crippen molar-refractivity contribution in [1.82, 2.24) is 4.90 Å². The Morgan fingerprint density at radius 3 is 2.44 bits per heavy atom. The molecule has 2 rings (SSSR count). The van der Waals surface area contributed by atoms with Crippen molar-refractivity contribution in [2.24, 2.45) is 5.41 Å². The van der Waals surface area contributed by atoms with E-state index in [-0.39, 0.29) is 5.91 Å². The first-order chi connectivity index (χ1) is 8.39. The zero-order valence-electron chi connectivity index (χ0n) is 11.3. The molecule has 0 atom stereocenters. The summed E-state index contributed by atoms with van der Waals surface area (Å²) in [7, 11) is 0. The molecule has 0 spiro atoms. The number of halogens is 1. The van der Waals surface area contributed by atoms with Crippen molar-refractivity contribution in [2.75, 3.05) is 13.1 Å². The number of carbonyl (C=O) groups is 1. The summed E-state index contributed by atoms with van der Waals surface area (Å²) < 4.78 is 1.02. The van der Waals surface area contributed by atoms with Crippen molar-refractivity contribution in [1.29, 1.82) is 0 Å². The Kier molecular flexibility index (Phi) is 3.81. The molecule has 1 amide bonds. The van der Waals surface area contributed by atoms with Gasteiger partial charge in [0.2, 0.25) is 0 Å². The Hall–Kier alpha value is -0.830. The first-order valence-corrected chi connectivity index (χ1v) is 7.24. The van der Waals surface area contributed by atoms with Gasteiger partial charge in [-0.25, -0.2) is 0 Å². The molecule has 18 heavy (non-hydrogen) atoms. The summed E-state index contributed by atoms with van der Waals surface area (Å²) in [6.07, 6.45) is 2.18. The SMILES string of the molecule is Cc1cc(Br)ccc1C(=O)N1CCC(C)(C)CC1.